The molecule has 6 aromatic rings. The van der Waals surface area contributed by atoms with E-state index >= 15 is 4.79 Å². The zero-order chi connectivity index (χ0) is 62.0. The Labute approximate surface area is 517 Å². The number of β-amino-alcohol motifs (C(OH)–C–C–N with tert-alkyl or cyclic N) is 1. The van der Waals surface area contributed by atoms with Crippen LogP contribution in [0.3, 0.4) is 0 Å². The molecule has 4 aliphatic rings. The number of aromatic amines is 1. The smallest absolute Gasteiger partial charge is 0.173 e. The van der Waals surface area contributed by atoms with Gasteiger partial charge in [0, 0.05) is 85.9 Å². The number of aliphatic hydroxyl groups excluding tert-OH is 5. The summed E-state index contributed by atoms with van der Waals surface area (Å²) in [6.45, 7) is 5.30. The molecule has 15 heteroatoms. The zero-order valence-electron chi connectivity index (χ0n) is 51.0. The fourth-order valence-corrected chi connectivity index (χ4v) is 14.4. The number of Topliss-reactive ketones (excluding diaryl/α,β-unsaturated/α-hetero) is 2. The third-order valence-corrected chi connectivity index (χ3v) is 19.3. The summed E-state index contributed by atoms with van der Waals surface area (Å²) in [5.41, 5.74) is 8.92. The Bertz CT molecular complexity index is 3560. The highest BCUT2D eigenvalue weighted by molar-refractivity contribution is 6.06. The standard InChI is InChI=1S/C73H88N4O11/c1-4-8-59-53-29-46(27-45-25-26-75-70(30-45)77-55-22-19-49-17-18-52(71(85)63(49)35-55)32-57(80)40-74-38-43(2)54-31-56(76-39-54)36-67(59)83)28-50-20-23-60(61-37-68(84)69(88-3)34-51(61)21-24-66(82)73(87)72(86)62(50)33-53)58-11-6-5-9-47(58)15-13-44(41-78)14-16-48-10-7-12-65(81)64(48)42-79/h5-7,9-12,17-19,22,25,30-31,34-35,37,39,43-44,46,50,53,57,59-60,62,67,73-81,83-85,87H,4,8,13-16,21,24,26-29,32-33,36,38,40-42H2,1-3H3. The number of hydrogen-bond donors (Lipinski definition) is 12. The van der Waals surface area contributed by atoms with Gasteiger partial charge in [0.1, 0.15) is 17.3 Å². The summed E-state index contributed by atoms with van der Waals surface area (Å²) in [5.74, 6) is 4.57. The zero-order valence-corrected chi connectivity index (χ0v) is 51.0. The molecule has 88 heavy (non-hydrogen) atoms. The van der Waals surface area contributed by atoms with Gasteiger partial charge in [0.25, 0.3) is 0 Å². The normalized spacial score (nSPS) is 25.1. The predicted octanol–water partition coefficient (Wildman–Crippen LogP) is 9.69. The van der Waals surface area contributed by atoms with Crippen molar-refractivity contribution in [2.45, 2.75) is 140 Å². The number of phenols is 3. The van der Waals surface area contributed by atoms with Crippen LogP contribution in [0.25, 0.3) is 10.8 Å². The molecule has 3 heterocycles. The van der Waals surface area contributed by atoms with E-state index in [0.717, 1.165) is 56.8 Å². The van der Waals surface area contributed by atoms with Gasteiger partial charge in [-0.3, -0.25) is 9.59 Å². The van der Waals surface area contributed by atoms with Crippen LogP contribution in [0.15, 0.2) is 121 Å². The SMILES string of the molecule is CCCC1C(O)Cc2cc(c[nH]2)C(C)CNCC(O)Cc2ccc3ccc(cc3c2O)NC2=CC(=CCN2)CC2CC3C#CC(c4ccccc4CCC(CO)CCc4cccc(O)c4CO)c4cc(O)c(OC)cc4CCC(=O)C(O)C(=O)C3CC1C2. The van der Waals surface area contributed by atoms with Crippen molar-refractivity contribution in [3.63, 3.8) is 0 Å². The number of methoxy groups -OCH3 is 1. The van der Waals surface area contributed by atoms with Gasteiger partial charge in [0.05, 0.1) is 31.8 Å². The second kappa shape index (κ2) is 29.3. The van der Waals surface area contributed by atoms with Crippen LogP contribution >= 0.6 is 0 Å². The Morgan fingerprint density at radius 1 is 0.784 bits per heavy atom. The lowest BCUT2D eigenvalue weighted by Gasteiger charge is -2.33. The molecule has 1 saturated carbocycles. The number of aryl methyl sites for hydroxylation is 3. The van der Waals surface area contributed by atoms with Gasteiger partial charge in [0.15, 0.2) is 29.2 Å². The summed E-state index contributed by atoms with van der Waals surface area (Å²) in [6.07, 6.45) is 9.17. The molecule has 11 atom stereocenters. The number of ketones is 2. The van der Waals surface area contributed by atoms with Crippen molar-refractivity contribution in [3.05, 3.63) is 171 Å². The van der Waals surface area contributed by atoms with Gasteiger partial charge >= 0.3 is 0 Å². The summed E-state index contributed by atoms with van der Waals surface area (Å²) in [7, 11) is 1.46. The van der Waals surface area contributed by atoms with E-state index in [1.54, 1.807) is 24.3 Å². The molecule has 12 N–H and O–H groups in total. The van der Waals surface area contributed by atoms with Gasteiger partial charge in [-0.1, -0.05) is 92.8 Å². The quantitative estimate of drug-likeness (QED) is 0.0403. The van der Waals surface area contributed by atoms with Crippen molar-refractivity contribution in [3.8, 4) is 34.8 Å². The van der Waals surface area contributed by atoms with Gasteiger partial charge < -0.3 is 66.5 Å². The lowest BCUT2D eigenvalue weighted by Crippen LogP contribution is -2.40. The minimum absolute atomic E-state index is 0.0371. The highest BCUT2D eigenvalue weighted by Crippen LogP contribution is 2.46. The van der Waals surface area contributed by atoms with Gasteiger partial charge in [-0.05, 0) is 186 Å². The number of allylic oxidation sites excluding steroid dienone is 2. The fraction of sp³-hybridized carbons (Fsp3) is 0.452. The molecule has 9 bridgehead atoms. The van der Waals surface area contributed by atoms with Gasteiger partial charge in [-0.2, -0.15) is 0 Å². The van der Waals surface area contributed by atoms with E-state index in [1.165, 1.54) is 7.11 Å². The summed E-state index contributed by atoms with van der Waals surface area (Å²) in [6, 6.07) is 28.4. The van der Waals surface area contributed by atoms with Crippen LogP contribution in [0.4, 0.5) is 5.69 Å². The number of ether oxygens (including phenoxy) is 1. The molecule has 10 rings (SSSR count). The number of rotatable bonds is 12. The molecule has 1 aromatic heterocycles. The molecule has 0 saturated heterocycles. The number of phenolic OH excluding ortho intramolecular Hbond substituents is 2. The number of H-pyrrole nitrogens is 1. The highest BCUT2D eigenvalue weighted by Gasteiger charge is 2.44. The van der Waals surface area contributed by atoms with Crippen LogP contribution in [0.2, 0.25) is 0 Å². The van der Waals surface area contributed by atoms with Crippen LogP contribution in [0, 0.1) is 47.3 Å². The van der Waals surface area contributed by atoms with E-state index in [2.05, 4.69) is 70.9 Å². The Hall–Kier alpha value is -7.42. The number of aromatic hydroxyl groups is 3. The molecule has 2 aliphatic carbocycles. The average molecular weight is 1200 g/mol. The van der Waals surface area contributed by atoms with Gasteiger partial charge in [0.2, 0.25) is 0 Å². The van der Waals surface area contributed by atoms with E-state index in [0.29, 0.717) is 111 Å². The van der Waals surface area contributed by atoms with E-state index in [4.69, 9.17) is 4.74 Å². The first-order valence-corrected chi connectivity index (χ1v) is 31.8. The number of nitrogens with one attached hydrogen (secondary N) is 4. The molecule has 5 aromatic carbocycles. The molecule has 0 radical (unpaired) electrons. The van der Waals surface area contributed by atoms with Crippen molar-refractivity contribution < 1.29 is 55.2 Å². The van der Waals surface area contributed by atoms with E-state index < -0.39 is 47.6 Å². The number of carbonyl (C=O) groups is 2. The molecule has 0 amide bonds. The molecule has 2 aliphatic heterocycles. The van der Waals surface area contributed by atoms with Crippen LogP contribution in [0.1, 0.15) is 134 Å². The van der Waals surface area contributed by atoms with E-state index in [9.17, 15) is 45.6 Å². The van der Waals surface area contributed by atoms with Crippen molar-refractivity contribution in [2.24, 2.45) is 35.5 Å². The van der Waals surface area contributed by atoms with Gasteiger partial charge in [-0.25, -0.2) is 0 Å². The summed E-state index contributed by atoms with van der Waals surface area (Å²) >= 11 is 0. The van der Waals surface area contributed by atoms with Crippen molar-refractivity contribution in [2.75, 3.05) is 38.7 Å². The molecular formula is C73H88N4O11. The average Bonchev–Trinajstić information content (AvgIpc) is 2.67. The minimum atomic E-state index is -1.90. The lowest BCUT2D eigenvalue weighted by atomic mass is 9.73. The Kier molecular flexibility index (Phi) is 21.1. The number of dihydropyridines is 1. The topological polar surface area (TPSA) is 257 Å². The Balaban J connectivity index is 1.05. The molecule has 466 valence electrons. The van der Waals surface area contributed by atoms with E-state index in [1.807, 2.05) is 60.8 Å². The maximum atomic E-state index is 15.3. The van der Waals surface area contributed by atoms with Crippen molar-refractivity contribution in [1.82, 2.24) is 15.6 Å². The molecule has 15 nitrogen and oxygen atoms in total. The van der Waals surface area contributed by atoms with Crippen molar-refractivity contribution >= 4 is 28.0 Å². The van der Waals surface area contributed by atoms with E-state index in [-0.39, 0.29) is 85.1 Å². The maximum Gasteiger partial charge on any atom is 0.173 e. The summed E-state index contributed by atoms with van der Waals surface area (Å²) in [4.78, 5) is 33.2. The maximum absolute atomic E-state index is 15.3. The largest absolute Gasteiger partial charge is 0.508 e. The first-order chi connectivity index (χ1) is 42.6. The lowest BCUT2D eigenvalue weighted by molar-refractivity contribution is -0.142. The molecule has 1 fully saturated rings. The number of hydrogen-bond acceptors (Lipinski definition) is 14. The number of carbonyl (C=O) groups excluding carboxylic acids is 2. The monoisotopic (exact) mass is 1200 g/mol. The number of aromatic nitrogens is 1. The predicted molar refractivity (Wildman–Crippen MR) is 342 cm³/mol. The van der Waals surface area contributed by atoms with Gasteiger partial charge in [-0.15, -0.1) is 0 Å². The molecular weight excluding hydrogens is 1110 g/mol. The van der Waals surface area contributed by atoms with Crippen molar-refractivity contribution in [1.29, 1.82) is 0 Å². The molecule has 0 spiro atoms. The highest BCUT2D eigenvalue weighted by atomic mass is 16.5. The van der Waals surface area contributed by atoms with Crippen LogP contribution in [-0.4, -0.2) is 109 Å². The first-order valence-electron chi connectivity index (χ1n) is 31.8. The summed E-state index contributed by atoms with van der Waals surface area (Å²) in [5, 5.41) is 102. The minimum Gasteiger partial charge on any atom is -0.508 e. The second-order valence-electron chi connectivity index (χ2n) is 25.3. The molecule has 11 unspecified atom stereocenters. The Morgan fingerprint density at radius 3 is 2.38 bits per heavy atom. The number of benzene rings is 5. The third kappa shape index (κ3) is 15.0. The third-order valence-electron chi connectivity index (χ3n) is 19.3. The van der Waals surface area contributed by atoms with Crippen LogP contribution < -0.4 is 20.7 Å². The van der Waals surface area contributed by atoms with Crippen LogP contribution in [-0.2, 0) is 48.3 Å². The fourth-order valence-electron chi connectivity index (χ4n) is 14.4. The van der Waals surface area contributed by atoms with Crippen LogP contribution in [0.5, 0.6) is 23.0 Å². The number of anilines is 1. The Morgan fingerprint density at radius 2 is 1.58 bits per heavy atom. The summed E-state index contributed by atoms with van der Waals surface area (Å²) < 4.78 is 5.63. The first kappa shape index (κ1) is 63.6. The second-order valence-corrected chi connectivity index (χ2v) is 25.3. The number of aliphatic hydroxyl groups is 5. The number of fused-ring (bicyclic) bond motifs is 9.